The van der Waals surface area contributed by atoms with Gasteiger partial charge in [0.25, 0.3) is 21.6 Å². The molecule has 3 aliphatic carbocycles. The number of fused-ring (bicyclic) bond motifs is 1. The van der Waals surface area contributed by atoms with Crippen molar-refractivity contribution in [2.24, 2.45) is 10.8 Å². The fourth-order valence-corrected chi connectivity index (χ4v) is 11.9. The number of ether oxygens (including phenoxy) is 1. The van der Waals surface area contributed by atoms with Gasteiger partial charge >= 0.3 is 0 Å². The van der Waals surface area contributed by atoms with Crippen molar-refractivity contribution in [1.29, 1.82) is 0 Å². The van der Waals surface area contributed by atoms with Crippen LogP contribution in [0.25, 0.3) is 11.0 Å². The van der Waals surface area contributed by atoms with E-state index >= 15 is 0 Å². The van der Waals surface area contributed by atoms with Crippen molar-refractivity contribution in [2.75, 3.05) is 36.4 Å². The topological polar surface area (TPSA) is 183 Å². The van der Waals surface area contributed by atoms with Crippen molar-refractivity contribution in [2.45, 2.75) is 107 Å². The number of aromatic nitrogens is 2. The molecule has 3 saturated carbocycles. The number of nitro groups is 1. The van der Waals surface area contributed by atoms with Crippen molar-refractivity contribution in [3.8, 4) is 11.5 Å². The number of aromatic amines is 1. The summed E-state index contributed by atoms with van der Waals surface area (Å²) in [6.45, 7) is 5.36. The molecule has 4 N–H and O–H groups in total. The van der Waals surface area contributed by atoms with Gasteiger partial charge in [0.15, 0.2) is 0 Å². The Morgan fingerprint density at radius 2 is 1.78 bits per heavy atom. The van der Waals surface area contributed by atoms with E-state index in [9.17, 15) is 28.4 Å². The SMILES string of the molecule is CC1(CNc2ccc(S(=O)(=O)NC(=O)c3ccc(N4CCC5(CC(N6CCC[C@H]6c6ccccc6C6CC6)C5)C4)cc3Oc3cnc4[nH]ccc4c3)cc2[N+](=O)[O-])CCC(O)CC1. The molecule has 0 unspecified atom stereocenters. The van der Waals surface area contributed by atoms with Crippen LogP contribution in [-0.2, 0) is 10.0 Å². The number of benzene rings is 3. The van der Waals surface area contributed by atoms with E-state index in [2.05, 4.69) is 61.0 Å². The lowest BCUT2D eigenvalue weighted by Crippen LogP contribution is -2.51. The number of amides is 1. The molecule has 1 amide bonds. The van der Waals surface area contributed by atoms with Crippen molar-refractivity contribution >= 4 is 44.0 Å². The monoisotopic (exact) mass is 873 g/mol. The lowest BCUT2D eigenvalue weighted by molar-refractivity contribution is -0.384. The number of hydrogen-bond donors (Lipinski definition) is 4. The molecule has 10 rings (SSSR count). The number of anilines is 2. The highest BCUT2D eigenvalue weighted by Gasteiger charge is 2.52. The zero-order valence-corrected chi connectivity index (χ0v) is 36.4. The van der Waals surface area contributed by atoms with Crippen LogP contribution in [0.5, 0.6) is 11.5 Å². The minimum atomic E-state index is -4.57. The molecule has 63 heavy (non-hydrogen) atoms. The lowest BCUT2D eigenvalue weighted by Gasteiger charge is -2.51. The first-order valence-corrected chi connectivity index (χ1v) is 23.9. The van der Waals surface area contributed by atoms with E-state index in [1.807, 2.05) is 12.1 Å². The van der Waals surface area contributed by atoms with Gasteiger partial charge in [0.2, 0.25) is 0 Å². The Kier molecular flexibility index (Phi) is 10.7. The van der Waals surface area contributed by atoms with Crippen LogP contribution in [0.4, 0.5) is 17.1 Å². The third-order valence-corrected chi connectivity index (χ3v) is 16.0. The van der Waals surface area contributed by atoms with Crippen LogP contribution >= 0.6 is 0 Å². The maximum atomic E-state index is 14.0. The molecule has 0 bridgehead atoms. The number of carbonyl (C=O) groups is 1. The summed E-state index contributed by atoms with van der Waals surface area (Å²) in [5, 5.41) is 26.1. The van der Waals surface area contributed by atoms with Crippen LogP contribution in [0, 0.1) is 20.9 Å². The minimum absolute atomic E-state index is 0.0145. The van der Waals surface area contributed by atoms with Crippen LogP contribution in [0.3, 0.4) is 0 Å². The minimum Gasteiger partial charge on any atom is -0.455 e. The van der Waals surface area contributed by atoms with Crippen LogP contribution in [-0.4, -0.2) is 77.5 Å². The average Bonchev–Trinajstić information content (AvgIpc) is 3.58. The summed E-state index contributed by atoms with van der Waals surface area (Å²) in [6.07, 6.45) is 14.2. The lowest BCUT2D eigenvalue weighted by atomic mass is 9.64. The first kappa shape index (κ1) is 41.5. The Balaban J connectivity index is 0.860. The van der Waals surface area contributed by atoms with E-state index in [0.717, 1.165) is 74.8 Å². The maximum absolute atomic E-state index is 14.0. The standard InChI is InChI=1S/C48H55N7O7S/c1-47(17-14-35(56)15-18-47)29-51-41-13-11-37(25-43(41)55(58)59)63(60,61)52-46(57)40-12-10-33(24-44(40)62-36-23-32-16-20-49-45(32)50-28-36)53-22-19-48(30-53)26-34(27-48)54-21-4-7-42(54)39-6-3-2-5-38(39)31-8-9-31/h2-3,5-6,10-13,16,20,23-25,28,31,34-35,42,51,56H,4,7-9,14-15,17-19,21-22,26-27,29-30H2,1H3,(H,49,50)(H,52,57)/t34?,35?,42-,47?,48?/m0/s1. The average molecular weight is 874 g/mol. The van der Waals surface area contributed by atoms with Gasteiger partial charge in [0.05, 0.1) is 27.7 Å². The molecule has 4 heterocycles. The smallest absolute Gasteiger partial charge is 0.293 e. The highest BCUT2D eigenvalue weighted by molar-refractivity contribution is 7.90. The van der Waals surface area contributed by atoms with Gasteiger partial charge in [-0.15, -0.1) is 0 Å². The molecule has 330 valence electrons. The van der Waals surface area contributed by atoms with Gasteiger partial charge in [-0.25, -0.2) is 18.1 Å². The van der Waals surface area contributed by atoms with Crippen LogP contribution < -0.4 is 19.7 Å². The molecule has 0 radical (unpaired) electrons. The highest BCUT2D eigenvalue weighted by Crippen LogP contribution is 2.55. The third kappa shape index (κ3) is 8.38. The molecular weight excluding hydrogens is 819 g/mol. The van der Waals surface area contributed by atoms with Gasteiger partial charge in [0, 0.05) is 61.1 Å². The second-order valence-electron chi connectivity index (χ2n) is 19.2. The van der Waals surface area contributed by atoms with Gasteiger partial charge < -0.3 is 25.0 Å². The van der Waals surface area contributed by atoms with Crippen LogP contribution in [0.15, 0.2) is 90.1 Å². The summed E-state index contributed by atoms with van der Waals surface area (Å²) in [4.78, 5) is 37.8. The van der Waals surface area contributed by atoms with Gasteiger partial charge in [0.1, 0.15) is 22.8 Å². The van der Waals surface area contributed by atoms with E-state index in [0.29, 0.717) is 42.9 Å². The number of hydrogen-bond acceptors (Lipinski definition) is 11. The van der Waals surface area contributed by atoms with E-state index in [1.54, 1.807) is 36.2 Å². The maximum Gasteiger partial charge on any atom is 0.293 e. The molecule has 2 aliphatic heterocycles. The van der Waals surface area contributed by atoms with Gasteiger partial charge in [-0.1, -0.05) is 31.2 Å². The predicted molar refractivity (Wildman–Crippen MR) is 241 cm³/mol. The van der Waals surface area contributed by atoms with Crippen molar-refractivity contribution in [3.63, 3.8) is 0 Å². The summed E-state index contributed by atoms with van der Waals surface area (Å²) in [7, 11) is -4.57. The number of nitro benzene ring substituents is 1. The second-order valence-corrected chi connectivity index (χ2v) is 20.9. The number of carbonyl (C=O) groups excluding carboxylic acids is 1. The molecule has 5 fully saturated rings. The normalized spacial score (nSPS) is 26.2. The molecule has 1 spiro atoms. The summed E-state index contributed by atoms with van der Waals surface area (Å²) >= 11 is 0. The Morgan fingerprint density at radius 3 is 2.56 bits per heavy atom. The largest absolute Gasteiger partial charge is 0.455 e. The number of nitrogens with zero attached hydrogens (tertiary/aromatic N) is 4. The number of aliphatic hydroxyl groups excluding tert-OH is 1. The zero-order chi connectivity index (χ0) is 43.5. The number of H-pyrrole nitrogens is 1. The van der Waals surface area contributed by atoms with E-state index in [4.69, 9.17) is 4.74 Å². The van der Waals surface area contributed by atoms with Crippen molar-refractivity contribution in [3.05, 3.63) is 112 Å². The number of sulfonamides is 1. The van der Waals surface area contributed by atoms with Crippen molar-refractivity contribution in [1.82, 2.24) is 19.6 Å². The molecule has 5 aromatic rings. The molecule has 2 aromatic heterocycles. The van der Waals surface area contributed by atoms with Gasteiger partial charge in [-0.2, -0.15) is 0 Å². The molecule has 5 aliphatic rings. The Labute approximate surface area is 367 Å². The summed E-state index contributed by atoms with van der Waals surface area (Å²) in [5.74, 6) is 0.322. The van der Waals surface area contributed by atoms with Crippen molar-refractivity contribution < 1.29 is 28.0 Å². The zero-order valence-electron chi connectivity index (χ0n) is 35.6. The second kappa shape index (κ2) is 16.2. The third-order valence-electron chi connectivity index (χ3n) is 14.7. The molecule has 3 aromatic carbocycles. The predicted octanol–water partition coefficient (Wildman–Crippen LogP) is 8.81. The number of pyridine rings is 1. The molecule has 2 saturated heterocycles. The molecule has 15 heteroatoms. The number of nitrogens with one attached hydrogen (secondary N) is 3. The van der Waals surface area contributed by atoms with E-state index < -0.39 is 31.4 Å². The first-order chi connectivity index (χ1) is 30.3. The molecule has 14 nitrogen and oxygen atoms in total. The fraction of sp³-hybridized carbons (Fsp3) is 0.458. The summed E-state index contributed by atoms with van der Waals surface area (Å²) in [5.41, 5.74) is 4.39. The number of rotatable bonds is 13. The van der Waals surface area contributed by atoms with E-state index in [1.165, 1.54) is 43.4 Å². The van der Waals surface area contributed by atoms with Gasteiger partial charge in [-0.05, 0) is 141 Å². The van der Waals surface area contributed by atoms with Crippen LogP contribution in [0.2, 0.25) is 0 Å². The number of aliphatic hydroxyl groups is 1. The van der Waals surface area contributed by atoms with Crippen LogP contribution in [0.1, 0.15) is 111 Å². The first-order valence-electron chi connectivity index (χ1n) is 22.5. The fourth-order valence-electron chi connectivity index (χ4n) is 10.9. The highest BCUT2D eigenvalue weighted by atomic mass is 32.2. The van der Waals surface area contributed by atoms with Gasteiger partial charge in [-0.3, -0.25) is 19.8 Å². The molecule has 1 atom stereocenters. The number of likely N-dealkylation sites (tertiary alicyclic amines) is 1. The molecular formula is C48H55N7O7S. The summed E-state index contributed by atoms with van der Waals surface area (Å²) < 4.78 is 36.1. The Bertz CT molecular complexity index is 2670. The quantitative estimate of drug-likeness (QED) is 0.0655. The Hall–Kier alpha value is -5.51. The van der Waals surface area contributed by atoms with E-state index in [-0.39, 0.29) is 33.9 Å². The Morgan fingerprint density at radius 1 is 0.984 bits per heavy atom. The summed E-state index contributed by atoms with van der Waals surface area (Å²) in [6, 6.07) is 22.6.